The number of pyridine rings is 2. The van der Waals surface area contributed by atoms with Crippen molar-refractivity contribution in [3.05, 3.63) is 33.9 Å². The van der Waals surface area contributed by atoms with Crippen molar-refractivity contribution in [2.75, 3.05) is 31.1 Å². The molecular formula is C24H27FN6O6S. The minimum absolute atomic E-state index is 0.0150. The molecule has 4 atom stereocenters. The highest BCUT2D eigenvalue weighted by Gasteiger charge is 2.66. The van der Waals surface area contributed by atoms with E-state index in [9.17, 15) is 29.4 Å². The molecule has 2 N–H and O–H groups in total. The van der Waals surface area contributed by atoms with Gasteiger partial charge < -0.3 is 29.5 Å². The number of amides is 1. The van der Waals surface area contributed by atoms with Crippen LogP contribution < -0.4 is 10.3 Å². The van der Waals surface area contributed by atoms with E-state index in [4.69, 9.17) is 0 Å². The predicted octanol–water partition coefficient (Wildman–Crippen LogP) is 0.920. The van der Waals surface area contributed by atoms with E-state index in [0.717, 1.165) is 12.1 Å². The monoisotopic (exact) mass is 546 g/mol. The summed E-state index contributed by atoms with van der Waals surface area (Å²) in [6.07, 6.45) is 1.59. The number of rotatable bonds is 6. The van der Waals surface area contributed by atoms with Crippen LogP contribution >= 0.6 is 11.8 Å². The predicted molar refractivity (Wildman–Crippen MR) is 138 cm³/mol. The van der Waals surface area contributed by atoms with E-state index in [-0.39, 0.29) is 45.6 Å². The molecule has 0 radical (unpaired) electrons. The maximum Gasteiger partial charge on any atom is 0.352 e. The molecule has 5 heterocycles. The number of carbonyl (C=O) groups is 3. The molecule has 0 aliphatic carbocycles. The molecule has 1 unspecified atom stereocenters. The van der Waals surface area contributed by atoms with Gasteiger partial charge in [0.15, 0.2) is 23.1 Å². The largest absolute Gasteiger partial charge is 0.479 e. The molecule has 12 nitrogen and oxygen atoms in total. The van der Waals surface area contributed by atoms with Gasteiger partial charge in [0.05, 0.1) is 11.7 Å². The van der Waals surface area contributed by atoms with Crippen molar-refractivity contribution in [2.24, 2.45) is 4.99 Å². The van der Waals surface area contributed by atoms with Crippen molar-refractivity contribution in [3.8, 4) is 0 Å². The fraction of sp³-hybridized carbons (Fsp3) is 0.500. The normalized spacial score (nSPS) is 27.2. The van der Waals surface area contributed by atoms with E-state index in [1.54, 1.807) is 32.0 Å². The van der Waals surface area contributed by atoms with Crippen molar-refractivity contribution in [1.29, 1.82) is 0 Å². The lowest BCUT2D eigenvalue weighted by Gasteiger charge is -2.45. The summed E-state index contributed by atoms with van der Waals surface area (Å²) in [6.45, 7) is 7.01. The number of halogens is 1. The zero-order chi connectivity index (χ0) is 27.5. The van der Waals surface area contributed by atoms with E-state index in [1.165, 1.54) is 21.2 Å². The minimum atomic E-state index is -1.27. The van der Waals surface area contributed by atoms with E-state index in [0.29, 0.717) is 26.2 Å². The van der Waals surface area contributed by atoms with Crippen molar-refractivity contribution < 1.29 is 29.0 Å². The maximum atomic E-state index is 15.0. The van der Waals surface area contributed by atoms with Gasteiger partial charge in [-0.3, -0.25) is 14.6 Å². The first-order valence-corrected chi connectivity index (χ1v) is 13.1. The summed E-state index contributed by atoms with van der Waals surface area (Å²) >= 11 is 1.43. The van der Waals surface area contributed by atoms with E-state index in [2.05, 4.69) is 9.98 Å². The number of fused-ring (bicyclic) bond motifs is 2. The molecule has 3 saturated heterocycles. The van der Waals surface area contributed by atoms with E-state index < -0.39 is 34.8 Å². The number of aromatic carboxylic acids is 1. The highest BCUT2D eigenvalue weighted by Crippen LogP contribution is 2.51. The molecule has 0 spiro atoms. The molecule has 3 fully saturated rings. The Hall–Kier alpha value is -3.68. The highest BCUT2D eigenvalue weighted by molar-refractivity contribution is 8.01. The quantitative estimate of drug-likeness (QED) is 0.304. The number of hydrogen-bond donors (Lipinski definition) is 2. The Labute approximate surface area is 220 Å². The third-order valence-electron chi connectivity index (χ3n) is 7.64. The van der Waals surface area contributed by atoms with Crippen LogP contribution in [0.4, 0.5) is 10.2 Å². The SMILES string of the molecule is CCn1c(C(=O)O)cc(=O)c2cc(F)c(N3CCN(C=N[C@@H]4C(=O)N5[C@@H]4SC(C)[C@@]5(C)C(=O)O)CC3)nc21. The number of aliphatic imine (C=N–C) groups is 1. The van der Waals surface area contributed by atoms with Crippen molar-refractivity contribution in [2.45, 2.75) is 49.5 Å². The average Bonchev–Trinajstić information content (AvgIpc) is 3.12. The Kier molecular flexibility index (Phi) is 6.32. The van der Waals surface area contributed by atoms with Crippen molar-refractivity contribution >= 4 is 52.8 Å². The number of carbonyl (C=O) groups excluding carboxylic acids is 1. The van der Waals surface area contributed by atoms with E-state index in [1.807, 2.05) is 4.90 Å². The van der Waals surface area contributed by atoms with Crippen molar-refractivity contribution in [3.63, 3.8) is 0 Å². The highest BCUT2D eigenvalue weighted by atomic mass is 32.2. The Morgan fingerprint density at radius 1 is 1.24 bits per heavy atom. The number of thioether (sulfide) groups is 1. The third-order valence-corrected chi connectivity index (χ3v) is 9.26. The lowest BCUT2D eigenvalue weighted by atomic mass is 9.90. The Balaban J connectivity index is 1.30. The van der Waals surface area contributed by atoms with Crippen molar-refractivity contribution in [1.82, 2.24) is 19.4 Å². The molecule has 0 bridgehead atoms. The molecule has 1 amide bonds. The summed E-state index contributed by atoms with van der Waals surface area (Å²) in [5.41, 5.74) is -1.96. The number of aromatic nitrogens is 2. The standard InChI is InChI=1S/C24H27FN6O6S/c1-4-30-15(22(34)35)10-16(32)13-9-14(25)19(27-18(13)30)29-7-5-28(6-8-29)11-26-17-20(33)31-21(17)38-12(2)24(31,3)23(36)37/h9-12,17,21H,4-8H2,1-3H3,(H,34,35)(H,36,37)/t12?,17-,21-,24+/m1/s1. The van der Waals surface area contributed by atoms with Gasteiger partial charge in [0.2, 0.25) is 0 Å². The Morgan fingerprint density at radius 3 is 2.53 bits per heavy atom. The summed E-state index contributed by atoms with van der Waals surface area (Å²) in [4.78, 5) is 62.4. The van der Waals surface area contributed by atoms with Crippen LogP contribution in [0.25, 0.3) is 11.0 Å². The molecule has 2 aromatic rings. The van der Waals surface area contributed by atoms with Gasteiger partial charge in [0.1, 0.15) is 22.3 Å². The molecule has 3 aliphatic rings. The van der Waals surface area contributed by atoms with Crippen LogP contribution in [-0.4, -0.2) is 102 Å². The second kappa shape index (κ2) is 9.26. The number of aliphatic carboxylic acids is 1. The topological polar surface area (TPSA) is 149 Å². The summed E-state index contributed by atoms with van der Waals surface area (Å²) in [6, 6.07) is 1.44. The average molecular weight is 547 g/mol. The van der Waals surface area contributed by atoms with Gasteiger partial charge in [-0.05, 0) is 19.9 Å². The number of nitrogens with zero attached hydrogens (tertiary/aromatic N) is 6. The first-order valence-electron chi connectivity index (χ1n) is 12.2. The number of aryl methyl sites for hydroxylation is 1. The number of piperazine rings is 1. The molecule has 0 aromatic carbocycles. The van der Waals surface area contributed by atoms with Crippen LogP contribution in [0.2, 0.25) is 0 Å². The smallest absolute Gasteiger partial charge is 0.352 e. The Morgan fingerprint density at radius 2 is 1.92 bits per heavy atom. The van der Waals surface area contributed by atoms with E-state index >= 15 is 4.39 Å². The van der Waals surface area contributed by atoms with Gasteiger partial charge in [0, 0.05) is 44.0 Å². The van der Waals surface area contributed by atoms with Gasteiger partial charge in [-0.1, -0.05) is 6.92 Å². The molecule has 0 saturated carbocycles. The molecule has 38 heavy (non-hydrogen) atoms. The summed E-state index contributed by atoms with van der Waals surface area (Å²) < 4.78 is 16.4. The van der Waals surface area contributed by atoms with Crippen LogP contribution in [0.5, 0.6) is 0 Å². The second-order valence-electron chi connectivity index (χ2n) is 9.67. The molecule has 3 aliphatic heterocycles. The van der Waals surface area contributed by atoms with Crippen LogP contribution in [0.15, 0.2) is 21.9 Å². The first kappa shape index (κ1) is 25.9. The zero-order valence-corrected chi connectivity index (χ0v) is 21.8. The van der Waals surface area contributed by atoms with Crippen LogP contribution in [0.3, 0.4) is 0 Å². The number of carboxylic acid groups (broad SMARTS) is 2. The summed E-state index contributed by atoms with van der Waals surface area (Å²) in [7, 11) is 0. The lowest BCUT2D eigenvalue weighted by Crippen LogP contribution is -2.69. The fourth-order valence-corrected chi connectivity index (χ4v) is 6.89. The maximum absolute atomic E-state index is 15.0. The first-order chi connectivity index (χ1) is 18.0. The Bertz CT molecular complexity index is 1440. The number of hydrogen-bond acceptors (Lipinski definition) is 8. The minimum Gasteiger partial charge on any atom is -0.479 e. The molecule has 2 aromatic heterocycles. The van der Waals surface area contributed by atoms with Crippen LogP contribution in [0, 0.1) is 5.82 Å². The lowest BCUT2D eigenvalue weighted by molar-refractivity contribution is -0.166. The number of anilines is 1. The van der Waals surface area contributed by atoms with Gasteiger partial charge in [-0.25, -0.2) is 19.0 Å². The number of carboxylic acids is 2. The second-order valence-corrected chi connectivity index (χ2v) is 11.1. The van der Waals surface area contributed by atoms with Gasteiger partial charge in [-0.15, -0.1) is 11.8 Å². The molecule has 14 heteroatoms. The van der Waals surface area contributed by atoms with Gasteiger partial charge >= 0.3 is 11.9 Å². The van der Waals surface area contributed by atoms with Crippen LogP contribution in [0.1, 0.15) is 31.3 Å². The zero-order valence-electron chi connectivity index (χ0n) is 21.0. The molecule has 202 valence electrons. The summed E-state index contributed by atoms with van der Waals surface area (Å²) in [5, 5.41) is 18.6. The van der Waals surface area contributed by atoms with Gasteiger partial charge in [0.25, 0.3) is 5.91 Å². The fourth-order valence-electron chi connectivity index (χ4n) is 5.21. The number of β-lactam (4-membered cyclic amide) rings is 1. The molecule has 5 rings (SSSR count). The third kappa shape index (κ3) is 3.80. The molecular weight excluding hydrogens is 519 g/mol. The van der Waals surface area contributed by atoms with Crippen LogP contribution in [-0.2, 0) is 16.1 Å². The summed E-state index contributed by atoms with van der Waals surface area (Å²) in [5.74, 6) is -3.24. The van der Waals surface area contributed by atoms with Gasteiger partial charge in [-0.2, -0.15) is 0 Å².